The minimum absolute atomic E-state index is 0.0621. The molecule has 35 heavy (non-hydrogen) atoms. The fourth-order valence-electron chi connectivity index (χ4n) is 4.75. The number of aliphatic hydroxyl groups is 1. The molecular formula is C30H36N2O2S. The molecule has 3 aromatic carbocycles. The molecule has 1 aliphatic rings. The van der Waals surface area contributed by atoms with Crippen molar-refractivity contribution in [3.8, 4) is 0 Å². The van der Waals surface area contributed by atoms with Gasteiger partial charge in [0.25, 0.3) is 0 Å². The number of hydrogen-bond donors (Lipinski definition) is 2. The van der Waals surface area contributed by atoms with Crippen LogP contribution in [0.1, 0.15) is 60.5 Å². The Hall–Kier alpha value is -2.60. The number of rotatable bonds is 9. The number of carbonyl (C=O) groups excluding carboxylic acids is 1. The second-order valence-electron chi connectivity index (χ2n) is 10.1. The molecule has 2 N–H and O–H groups in total. The molecule has 1 heterocycles. The van der Waals surface area contributed by atoms with Crippen LogP contribution in [0.25, 0.3) is 0 Å². The minimum atomic E-state index is -0.791. The summed E-state index contributed by atoms with van der Waals surface area (Å²) in [5, 5.41) is 13.8. The molecule has 1 aliphatic heterocycles. The molecule has 0 spiro atoms. The van der Waals surface area contributed by atoms with Crippen molar-refractivity contribution in [3.05, 3.63) is 101 Å². The van der Waals surface area contributed by atoms with Gasteiger partial charge in [-0.3, -0.25) is 9.69 Å². The summed E-state index contributed by atoms with van der Waals surface area (Å²) in [6.07, 6.45) is 1.18. The molecule has 0 radical (unpaired) electrons. The topological polar surface area (TPSA) is 52.6 Å². The van der Waals surface area contributed by atoms with Gasteiger partial charge in [0, 0.05) is 30.2 Å². The molecule has 0 aromatic heterocycles. The highest BCUT2D eigenvalue weighted by molar-refractivity contribution is 7.98. The summed E-state index contributed by atoms with van der Waals surface area (Å²) in [6.45, 7) is 7.83. The molecule has 0 saturated heterocycles. The molecule has 5 heteroatoms. The number of aryl methyl sites for hydroxylation is 1. The van der Waals surface area contributed by atoms with Gasteiger partial charge in [-0.25, -0.2) is 0 Å². The van der Waals surface area contributed by atoms with Crippen molar-refractivity contribution in [1.82, 2.24) is 10.2 Å². The molecule has 1 unspecified atom stereocenters. The first-order valence-electron chi connectivity index (χ1n) is 12.4. The van der Waals surface area contributed by atoms with Crippen molar-refractivity contribution >= 4 is 17.7 Å². The maximum Gasteiger partial charge on any atom is 0.220 e. The van der Waals surface area contributed by atoms with Crippen LogP contribution in [0.15, 0.2) is 77.7 Å². The van der Waals surface area contributed by atoms with Crippen molar-refractivity contribution in [2.24, 2.45) is 0 Å². The summed E-state index contributed by atoms with van der Waals surface area (Å²) >= 11 is 1.84. The van der Waals surface area contributed by atoms with Crippen molar-refractivity contribution in [2.75, 3.05) is 13.1 Å². The number of benzene rings is 3. The van der Waals surface area contributed by atoms with E-state index >= 15 is 0 Å². The maximum atomic E-state index is 13.2. The molecule has 1 atom stereocenters. The molecule has 4 rings (SSSR count). The van der Waals surface area contributed by atoms with E-state index in [-0.39, 0.29) is 11.9 Å². The van der Waals surface area contributed by atoms with Crippen LogP contribution in [0.5, 0.6) is 0 Å². The van der Waals surface area contributed by atoms with Gasteiger partial charge < -0.3 is 10.4 Å². The van der Waals surface area contributed by atoms with Gasteiger partial charge in [-0.1, -0.05) is 72.3 Å². The van der Waals surface area contributed by atoms with Gasteiger partial charge in [0.15, 0.2) is 0 Å². The molecule has 184 valence electrons. The molecule has 0 bridgehead atoms. The fraction of sp³-hybridized carbons (Fsp3) is 0.367. The third kappa shape index (κ3) is 7.20. The highest BCUT2D eigenvalue weighted by Gasteiger charge is 2.26. The second kappa shape index (κ2) is 11.4. The van der Waals surface area contributed by atoms with Crippen LogP contribution < -0.4 is 5.32 Å². The van der Waals surface area contributed by atoms with Gasteiger partial charge in [-0.05, 0) is 62.1 Å². The van der Waals surface area contributed by atoms with Crippen molar-refractivity contribution in [3.63, 3.8) is 0 Å². The number of hydrogen-bond acceptors (Lipinski definition) is 4. The quantitative estimate of drug-likeness (QED) is 0.396. The SMILES string of the molecule is Cc1ccc2c(c1)C(NC(=O)CCCN(Cc1ccccc1)CC(C)(C)O)c1ccccc1CS2. The maximum absolute atomic E-state index is 13.2. The van der Waals surface area contributed by atoms with Gasteiger partial charge in [0.2, 0.25) is 5.91 Å². The number of nitrogens with one attached hydrogen (secondary N) is 1. The zero-order valence-electron chi connectivity index (χ0n) is 21.0. The van der Waals surface area contributed by atoms with Crippen molar-refractivity contribution in [2.45, 2.75) is 62.4 Å². The summed E-state index contributed by atoms with van der Waals surface area (Å²) in [4.78, 5) is 16.6. The normalized spacial score (nSPS) is 15.3. The molecular weight excluding hydrogens is 452 g/mol. The lowest BCUT2D eigenvalue weighted by Crippen LogP contribution is -2.39. The van der Waals surface area contributed by atoms with Crippen molar-refractivity contribution < 1.29 is 9.90 Å². The predicted molar refractivity (Wildman–Crippen MR) is 144 cm³/mol. The molecule has 0 fully saturated rings. The Kier molecular flexibility index (Phi) is 8.32. The zero-order chi connectivity index (χ0) is 24.8. The fourth-order valence-corrected chi connectivity index (χ4v) is 5.83. The third-order valence-corrected chi connectivity index (χ3v) is 7.41. The minimum Gasteiger partial charge on any atom is -0.389 e. The monoisotopic (exact) mass is 488 g/mol. The molecule has 1 amide bonds. The van der Waals surface area contributed by atoms with Crippen LogP contribution in [-0.4, -0.2) is 34.6 Å². The van der Waals surface area contributed by atoms with E-state index < -0.39 is 5.60 Å². The Morgan fingerprint density at radius 3 is 2.57 bits per heavy atom. The number of amides is 1. The largest absolute Gasteiger partial charge is 0.389 e. The Morgan fingerprint density at radius 2 is 1.80 bits per heavy atom. The summed E-state index contributed by atoms with van der Waals surface area (Å²) in [6, 6.07) is 25.1. The van der Waals surface area contributed by atoms with E-state index in [0.29, 0.717) is 13.0 Å². The van der Waals surface area contributed by atoms with Gasteiger partial charge in [-0.2, -0.15) is 0 Å². The molecule has 0 aliphatic carbocycles. The Labute approximate surface area is 213 Å². The van der Waals surface area contributed by atoms with Crippen LogP contribution in [-0.2, 0) is 17.1 Å². The first-order valence-corrected chi connectivity index (χ1v) is 13.4. The molecule has 3 aromatic rings. The third-order valence-electron chi connectivity index (χ3n) is 6.27. The number of thioether (sulfide) groups is 1. The highest BCUT2D eigenvalue weighted by Crippen LogP contribution is 2.39. The number of carbonyl (C=O) groups is 1. The lowest BCUT2D eigenvalue weighted by atomic mass is 9.94. The summed E-state index contributed by atoms with van der Waals surface area (Å²) in [5.74, 6) is 0.969. The van der Waals surface area contributed by atoms with Crippen LogP contribution >= 0.6 is 11.8 Å². The smallest absolute Gasteiger partial charge is 0.220 e. The molecule has 4 nitrogen and oxygen atoms in total. The van der Waals surface area contributed by atoms with Gasteiger partial charge in [0.05, 0.1) is 11.6 Å². The average Bonchev–Trinajstić information content (AvgIpc) is 2.96. The summed E-state index contributed by atoms with van der Waals surface area (Å²) < 4.78 is 0. The van der Waals surface area contributed by atoms with Gasteiger partial charge >= 0.3 is 0 Å². The Balaban J connectivity index is 1.43. The van der Waals surface area contributed by atoms with Crippen LogP contribution in [0.2, 0.25) is 0 Å². The predicted octanol–water partition coefficient (Wildman–Crippen LogP) is 5.86. The summed E-state index contributed by atoms with van der Waals surface area (Å²) in [5.41, 5.74) is 5.26. The Bertz CT molecular complexity index is 1140. The van der Waals surface area contributed by atoms with Crippen molar-refractivity contribution in [1.29, 1.82) is 0 Å². The lowest BCUT2D eigenvalue weighted by Gasteiger charge is -2.29. The van der Waals surface area contributed by atoms with Gasteiger partial charge in [0.1, 0.15) is 0 Å². The first-order chi connectivity index (χ1) is 16.8. The van der Waals surface area contributed by atoms with Crippen LogP contribution in [0, 0.1) is 6.92 Å². The number of fused-ring (bicyclic) bond motifs is 2. The van der Waals surface area contributed by atoms with E-state index in [0.717, 1.165) is 25.3 Å². The van der Waals surface area contributed by atoms with E-state index in [9.17, 15) is 9.90 Å². The van der Waals surface area contributed by atoms with E-state index in [1.807, 2.05) is 43.8 Å². The molecule has 0 saturated carbocycles. The van der Waals surface area contributed by atoms with E-state index in [2.05, 4.69) is 71.7 Å². The van der Waals surface area contributed by atoms with E-state index in [1.165, 1.54) is 32.7 Å². The Morgan fingerprint density at radius 1 is 1.06 bits per heavy atom. The van der Waals surface area contributed by atoms with Crippen LogP contribution in [0.3, 0.4) is 0 Å². The van der Waals surface area contributed by atoms with E-state index in [4.69, 9.17) is 0 Å². The zero-order valence-corrected chi connectivity index (χ0v) is 21.8. The second-order valence-corrected chi connectivity index (χ2v) is 11.2. The van der Waals surface area contributed by atoms with E-state index in [1.54, 1.807) is 0 Å². The average molecular weight is 489 g/mol. The summed E-state index contributed by atoms with van der Waals surface area (Å²) in [7, 11) is 0. The number of nitrogens with zero attached hydrogens (tertiary/aromatic N) is 1. The standard InChI is InChI=1S/C30H36N2O2S/c1-22-15-16-27-26(18-22)29(25-13-8-7-12-24(25)20-35-27)31-28(33)14-9-17-32(21-30(2,3)34)19-23-10-5-4-6-11-23/h4-8,10-13,15-16,18,29,34H,9,14,17,19-21H2,1-3H3,(H,31,33). The first kappa shape index (κ1) is 25.5. The van der Waals surface area contributed by atoms with Gasteiger partial charge in [-0.15, -0.1) is 11.8 Å². The highest BCUT2D eigenvalue weighted by atomic mass is 32.2. The lowest BCUT2D eigenvalue weighted by molar-refractivity contribution is -0.121. The van der Waals surface area contributed by atoms with Crippen LogP contribution in [0.4, 0.5) is 0 Å².